The Balaban J connectivity index is 2.11. The van der Waals surface area contributed by atoms with Gasteiger partial charge in [-0.15, -0.1) is 0 Å². The van der Waals surface area contributed by atoms with E-state index >= 15 is 0 Å². The van der Waals surface area contributed by atoms with E-state index in [9.17, 15) is 0 Å². The van der Waals surface area contributed by atoms with E-state index < -0.39 is 0 Å². The molecule has 0 spiro atoms. The molecule has 0 radical (unpaired) electrons. The number of nitrogens with zero attached hydrogens (tertiary/aromatic N) is 1. The summed E-state index contributed by atoms with van der Waals surface area (Å²) in [6.07, 6.45) is 1.43. The maximum absolute atomic E-state index is 2.44. The summed E-state index contributed by atoms with van der Waals surface area (Å²) in [5, 5.41) is 0. The second kappa shape index (κ2) is 2.65. The van der Waals surface area contributed by atoms with Crippen LogP contribution < -0.4 is 0 Å². The lowest BCUT2D eigenvalue weighted by molar-refractivity contribution is 0.574. The highest BCUT2D eigenvalue weighted by Gasteiger charge is 2.32. The first kappa shape index (κ1) is 7.90. The van der Waals surface area contributed by atoms with Crippen LogP contribution in [0, 0.1) is 25.7 Å². The normalized spacial score (nSPS) is 27.6. The lowest BCUT2D eigenvalue weighted by atomic mass is 10.3. The molecule has 1 heterocycles. The van der Waals surface area contributed by atoms with Crippen LogP contribution in [-0.4, -0.2) is 4.57 Å². The van der Waals surface area contributed by atoms with E-state index in [4.69, 9.17) is 0 Å². The number of hydrogen-bond donors (Lipinski definition) is 0. The molecular weight excluding hydrogens is 146 g/mol. The zero-order valence-corrected chi connectivity index (χ0v) is 8.17. The second-order valence-electron chi connectivity index (χ2n) is 4.20. The van der Waals surface area contributed by atoms with Crippen molar-refractivity contribution < 1.29 is 0 Å². The van der Waals surface area contributed by atoms with Gasteiger partial charge in [-0.25, -0.2) is 0 Å². The van der Waals surface area contributed by atoms with Gasteiger partial charge in [-0.1, -0.05) is 6.92 Å². The molecule has 1 aliphatic rings. The molecule has 0 aliphatic heterocycles. The van der Waals surface area contributed by atoms with Gasteiger partial charge in [0.1, 0.15) is 0 Å². The highest BCUT2D eigenvalue weighted by molar-refractivity contribution is 5.14. The van der Waals surface area contributed by atoms with E-state index in [0.717, 1.165) is 11.8 Å². The molecule has 66 valence electrons. The summed E-state index contributed by atoms with van der Waals surface area (Å²) in [7, 11) is 0. The van der Waals surface area contributed by atoms with Crippen LogP contribution in [0.3, 0.4) is 0 Å². The van der Waals surface area contributed by atoms with Crippen LogP contribution in [0.25, 0.3) is 0 Å². The lowest BCUT2D eigenvalue weighted by Gasteiger charge is -2.07. The van der Waals surface area contributed by atoms with Crippen molar-refractivity contribution in [2.24, 2.45) is 11.8 Å². The first-order chi connectivity index (χ1) is 5.68. The van der Waals surface area contributed by atoms with Crippen molar-refractivity contribution in [1.82, 2.24) is 4.57 Å². The average molecular weight is 163 g/mol. The Kier molecular flexibility index (Phi) is 1.75. The van der Waals surface area contributed by atoms with Gasteiger partial charge >= 0.3 is 0 Å². The SMILES string of the molecule is Cc1ccc(C)n1CC1CC1C. The molecule has 12 heavy (non-hydrogen) atoms. The summed E-state index contributed by atoms with van der Waals surface area (Å²) in [5.41, 5.74) is 2.82. The number of aryl methyl sites for hydroxylation is 2. The molecule has 0 saturated heterocycles. The zero-order chi connectivity index (χ0) is 8.72. The molecule has 0 amide bonds. The fraction of sp³-hybridized carbons (Fsp3) is 0.636. The Morgan fingerprint density at radius 3 is 2.25 bits per heavy atom. The molecule has 2 atom stereocenters. The topological polar surface area (TPSA) is 4.93 Å². The third-order valence-electron chi connectivity index (χ3n) is 3.11. The number of hydrogen-bond acceptors (Lipinski definition) is 0. The zero-order valence-electron chi connectivity index (χ0n) is 8.17. The summed E-state index contributed by atoms with van der Waals surface area (Å²) < 4.78 is 2.44. The van der Waals surface area contributed by atoms with Crippen LogP contribution in [0.2, 0.25) is 0 Å². The van der Waals surface area contributed by atoms with E-state index in [0.29, 0.717) is 0 Å². The molecule has 2 unspecified atom stereocenters. The first-order valence-electron chi connectivity index (χ1n) is 4.81. The van der Waals surface area contributed by atoms with E-state index in [1.54, 1.807) is 0 Å². The molecule has 1 fully saturated rings. The molecule has 0 N–H and O–H groups in total. The number of rotatable bonds is 2. The summed E-state index contributed by atoms with van der Waals surface area (Å²) in [6.45, 7) is 7.98. The standard InChI is InChI=1S/C11H17N/c1-8-6-11(8)7-12-9(2)4-5-10(12)3/h4-5,8,11H,6-7H2,1-3H3. The van der Waals surface area contributed by atoms with Gasteiger partial charge in [0.05, 0.1) is 0 Å². The Labute approximate surface area is 74.4 Å². The molecule has 0 aromatic carbocycles. The Morgan fingerprint density at radius 2 is 1.83 bits per heavy atom. The highest BCUT2D eigenvalue weighted by Crippen LogP contribution is 2.39. The minimum atomic E-state index is 0.954. The van der Waals surface area contributed by atoms with Crippen LogP contribution in [0.4, 0.5) is 0 Å². The number of aromatic nitrogens is 1. The minimum Gasteiger partial charge on any atom is -0.349 e. The summed E-state index contributed by atoms with van der Waals surface area (Å²) >= 11 is 0. The van der Waals surface area contributed by atoms with Gasteiger partial charge in [-0.2, -0.15) is 0 Å². The van der Waals surface area contributed by atoms with Crippen LogP contribution >= 0.6 is 0 Å². The van der Waals surface area contributed by atoms with E-state index in [1.165, 1.54) is 24.4 Å². The molecule has 1 aromatic rings. The van der Waals surface area contributed by atoms with E-state index in [2.05, 4.69) is 37.5 Å². The van der Waals surface area contributed by atoms with Gasteiger partial charge in [0.2, 0.25) is 0 Å². The van der Waals surface area contributed by atoms with Crippen LogP contribution in [0.15, 0.2) is 12.1 Å². The van der Waals surface area contributed by atoms with Crippen molar-refractivity contribution in [2.45, 2.75) is 33.7 Å². The van der Waals surface area contributed by atoms with Crippen molar-refractivity contribution in [3.8, 4) is 0 Å². The van der Waals surface area contributed by atoms with Gasteiger partial charge in [0, 0.05) is 17.9 Å². The third kappa shape index (κ3) is 1.28. The quantitative estimate of drug-likeness (QED) is 0.631. The van der Waals surface area contributed by atoms with Gasteiger partial charge in [0.15, 0.2) is 0 Å². The largest absolute Gasteiger partial charge is 0.349 e. The smallest absolute Gasteiger partial charge is 0.0255 e. The molecule has 1 saturated carbocycles. The van der Waals surface area contributed by atoms with Gasteiger partial charge in [0.25, 0.3) is 0 Å². The molecule has 1 aromatic heterocycles. The molecular formula is C11H17N. The highest BCUT2D eigenvalue weighted by atomic mass is 15.0. The predicted molar refractivity (Wildman–Crippen MR) is 51.2 cm³/mol. The molecule has 0 bridgehead atoms. The van der Waals surface area contributed by atoms with Crippen molar-refractivity contribution in [3.63, 3.8) is 0 Å². The van der Waals surface area contributed by atoms with Crippen LogP contribution in [0.5, 0.6) is 0 Å². The third-order valence-corrected chi connectivity index (χ3v) is 3.11. The maximum Gasteiger partial charge on any atom is 0.0255 e. The summed E-state index contributed by atoms with van der Waals surface area (Å²) in [6, 6.07) is 4.42. The molecule has 2 rings (SSSR count). The van der Waals surface area contributed by atoms with Gasteiger partial charge in [-0.05, 0) is 44.2 Å². The van der Waals surface area contributed by atoms with Gasteiger partial charge < -0.3 is 4.57 Å². The maximum atomic E-state index is 2.44. The molecule has 1 nitrogen and oxygen atoms in total. The van der Waals surface area contributed by atoms with Crippen LogP contribution in [-0.2, 0) is 6.54 Å². The van der Waals surface area contributed by atoms with Crippen molar-refractivity contribution in [3.05, 3.63) is 23.5 Å². The molecule has 1 heteroatoms. The Morgan fingerprint density at radius 1 is 1.33 bits per heavy atom. The molecule has 1 aliphatic carbocycles. The Hall–Kier alpha value is -0.720. The lowest BCUT2D eigenvalue weighted by Crippen LogP contribution is -2.04. The van der Waals surface area contributed by atoms with Gasteiger partial charge in [-0.3, -0.25) is 0 Å². The minimum absolute atomic E-state index is 0.954. The Bertz CT molecular complexity index is 266. The fourth-order valence-corrected chi connectivity index (χ4v) is 1.88. The van der Waals surface area contributed by atoms with Crippen LogP contribution in [0.1, 0.15) is 24.7 Å². The summed E-state index contributed by atoms with van der Waals surface area (Å²) in [5.74, 6) is 1.92. The monoisotopic (exact) mass is 163 g/mol. The second-order valence-corrected chi connectivity index (χ2v) is 4.20. The van der Waals surface area contributed by atoms with Crippen molar-refractivity contribution >= 4 is 0 Å². The fourth-order valence-electron chi connectivity index (χ4n) is 1.88. The average Bonchev–Trinajstić information content (AvgIpc) is 2.63. The van der Waals surface area contributed by atoms with E-state index in [-0.39, 0.29) is 0 Å². The predicted octanol–water partition coefficient (Wildman–Crippen LogP) is 2.76. The first-order valence-corrected chi connectivity index (χ1v) is 4.81. The van der Waals surface area contributed by atoms with Crippen molar-refractivity contribution in [1.29, 1.82) is 0 Å². The summed E-state index contributed by atoms with van der Waals surface area (Å²) in [4.78, 5) is 0. The van der Waals surface area contributed by atoms with E-state index in [1.807, 2.05) is 0 Å². The van der Waals surface area contributed by atoms with Crippen molar-refractivity contribution in [2.75, 3.05) is 0 Å².